The number of hydrogen-bond donors (Lipinski definition) is 2. The van der Waals surface area contributed by atoms with Gasteiger partial charge in [0.2, 0.25) is 10.0 Å². The molecule has 0 unspecified atom stereocenters. The lowest BCUT2D eigenvalue weighted by Crippen LogP contribution is -2.32. The van der Waals surface area contributed by atoms with Gasteiger partial charge in [-0.25, -0.2) is 13.1 Å². The minimum absolute atomic E-state index is 0.315. The molecular weight excluding hydrogens is 286 g/mol. The van der Waals surface area contributed by atoms with Crippen molar-refractivity contribution in [2.24, 2.45) is 0 Å². The number of sulfonamides is 1. The van der Waals surface area contributed by atoms with Crippen LogP contribution in [0, 0.1) is 0 Å². The first-order valence-corrected chi connectivity index (χ1v) is 8.84. The van der Waals surface area contributed by atoms with Crippen molar-refractivity contribution in [3.8, 4) is 0 Å². The minimum Gasteiger partial charge on any atom is -0.310 e. The van der Waals surface area contributed by atoms with Crippen molar-refractivity contribution >= 4 is 10.0 Å². The van der Waals surface area contributed by atoms with Crippen LogP contribution < -0.4 is 10.0 Å². The van der Waals surface area contributed by atoms with E-state index < -0.39 is 10.0 Å². The van der Waals surface area contributed by atoms with E-state index in [2.05, 4.69) is 28.8 Å². The third-order valence-corrected chi connectivity index (χ3v) is 4.75. The Hall–Kier alpha value is -0.950. The summed E-state index contributed by atoms with van der Waals surface area (Å²) in [7, 11) is -1.45. The van der Waals surface area contributed by atoms with Crippen molar-refractivity contribution in [3.63, 3.8) is 0 Å². The van der Waals surface area contributed by atoms with Gasteiger partial charge in [-0.2, -0.15) is 0 Å². The molecule has 0 saturated carbocycles. The molecule has 0 spiro atoms. The van der Waals surface area contributed by atoms with E-state index in [1.54, 1.807) is 12.1 Å². The van der Waals surface area contributed by atoms with Gasteiger partial charge in [-0.1, -0.05) is 32.9 Å². The zero-order valence-electron chi connectivity index (χ0n) is 13.4. The number of hydrogen-bond acceptors (Lipinski definition) is 4. The largest absolute Gasteiger partial charge is 0.310 e. The average molecular weight is 313 g/mol. The summed E-state index contributed by atoms with van der Waals surface area (Å²) in [6.45, 7) is 8.96. The maximum atomic E-state index is 12.1. The second kappa shape index (κ2) is 8.48. The first kappa shape index (κ1) is 18.1. The predicted octanol–water partition coefficient (Wildman–Crippen LogP) is 1.41. The maximum absolute atomic E-state index is 12.1. The number of likely N-dealkylation sites (N-methyl/N-ethyl adjacent to an activating group) is 1. The van der Waals surface area contributed by atoms with Gasteiger partial charge in [0, 0.05) is 25.7 Å². The predicted molar refractivity (Wildman–Crippen MR) is 86.8 cm³/mol. The molecule has 0 atom stereocenters. The Morgan fingerprint density at radius 3 is 2.33 bits per heavy atom. The third kappa shape index (κ3) is 6.56. The summed E-state index contributed by atoms with van der Waals surface area (Å²) in [4.78, 5) is 2.37. The van der Waals surface area contributed by atoms with Gasteiger partial charge in [0.15, 0.2) is 0 Å². The summed E-state index contributed by atoms with van der Waals surface area (Å²) in [6.07, 6.45) is 0. The molecule has 2 N–H and O–H groups in total. The quantitative estimate of drug-likeness (QED) is 0.724. The lowest BCUT2D eigenvalue weighted by molar-refractivity contribution is 0.358. The first-order chi connectivity index (χ1) is 9.85. The summed E-state index contributed by atoms with van der Waals surface area (Å²) in [5, 5.41) is 3.30. The fourth-order valence-corrected chi connectivity index (χ4v) is 2.74. The van der Waals surface area contributed by atoms with E-state index in [1.165, 1.54) is 0 Å². The fraction of sp³-hybridized carbons (Fsp3) is 0.600. The molecule has 0 fully saturated rings. The summed E-state index contributed by atoms with van der Waals surface area (Å²) >= 11 is 0. The molecule has 120 valence electrons. The van der Waals surface area contributed by atoms with Crippen LogP contribution >= 0.6 is 0 Å². The third-order valence-electron chi connectivity index (χ3n) is 3.27. The molecule has 0 saturated heterocycles. The molecule has 0 aliphatic carbocycles. The summed E-state index contributed by atoms with van der Waals surface area (Å²) < 4.78 is 26.9. The molecular formula is C15H27N3O2S. The lowest BCUT2D eigenvalue weighted by atomic mass is 10.2. The topological polar surface area (TPSA) is 61.4 Å². The highest BCUT2D eigenvalue weighted by molar-refractivity contribution is 7.89. The molecule has 0 radical (unpaired) electrons. The Bertz CT molecular complexity index is 512. The van der Waals surface area contributed by atoms with Crippen LogP contribution in [0.2, 0.25) is 0 Å². The van der Waals surface area contributed by atoms with Crippen LogP contribution in [0.1, 0.15) is 26.3 Å². The van der Waals surface area contributed by atoms with Crippen LogP contribution in [0.5, 0.6) is 0 Å². The molecule has 1 aromatic rings. The van der Waals surface area contributed by atoms with Crippen LogP contribution in [0.4, 0.5) is 0 Å². The van der Waals surface area contributed by atoms with Gasteiger partial charge in [0.25, 0.3) is 0 Å². The molecule has 0 aliphatic heterocycles. The molecule has 1 rings (SSSR count). The van der Waals surface area contributed by atoms with Crippen LogP contribution in [-0.4, -0.2) is 46.0 Å². The Labute approximate surface area is 128 Å². The zero-order valence-corrected chi connectivity index (χ0v) is 14.2. The highest BCUT2D eigenvalue weighted by Gasteiger charge is 2.13. The van der Waals surface area contributed by atoms with Crippen molar-refractivity contribution < 1.29 is 8.42 Å². The van der Waals surface area contributed by atoms with Crippen molar-refractivity contribution in [3.05, 3.63) is 29.8 Å². The average Bonchev–Trinajstić information content (AvgIpc) is 2.45. The van der Waals surface area contributed by atoms with Crippen molar-refractivity contribution in [2.45, 2.75) is 38.3 Å². The summed E-state index contributed by atoms with van der Waals surface area (Å²) in [5.41, 5.74) is 1.08. The molecule has 6 heteroatoms. The van der Waals surface area contributed by atoms with Gasteiger partial charge in [-0.15, -0.1) is 0 Å². The molecule has 0 bridgehead atoms. The molecule has 0 heterocycles. The van der Waals surface area contributed by atoms with E-state index in [0.717, 1.165) is 18.7 Å². The SMILES string of the molecule is CCN(C)CCNS(=O)(=O)c1ccc(CNC(C)C)cc1. The van der Waals surface area contributed by atoms with E-state index in [0.29, 0.717) is 24.0 Å². The van der Waals surface area contributed by atoms with Gasteiger partial charge < -0.3 is 10.2 Å². The van der Waals surface area contributed by atoms with E-state index in [4.69, 9.17) is 0 Å². The van der Waals surface area contributed by atoms with Gasteiger partial charge in [0.05, 0.1) is 4.90 Å². The monoisotopic (exact) mass is 313 g/mol. The van der Waals surface area contributed by atoms with Crippen molar-refractivity contribution in [1.82, 2.24) is 14.9 Å². The zero-order chi connectivity index (χ0) is 15.9. The fourth-order valence-electron chi connectivity index (χ4n) is 1.72. The van der Waals surface area contributed by atoms with Crippen molar-refractivity contribution in [2.75, 3.05) is 26.7 Å². The maximum Gasteiger partial charge on any atom is 0.240 e. The minimum atomic E-state index is -3.41. The second-order valence-corrected chi connectivity index (χ2v) is 7.24. The number of rotatable bonds is 9. The van der Waals surface area contributed by atoms with Gasteiger partial charge in [-0.3, -0.25) is 0 Å². The smallest absolute Gasteiger partial charge is 0.240 e. The molecule has 0 aliphatic rings. The molecule has 21 heavy (non-hydrogen) atoms. The summed E-state index contributed by atoms with van der Waals surface area (Å²) in [6, 6.07) is 7.42. The Balaban J connectivity index is 2.58. The van der Waals surface area contributed by atoms with Crippen LogP contribution in [0.3, 0.4) is 0 Å². The number of benzene rings is 1. The van der Waals surface area contributed by atoms with E-state index in [9.17, 15) is 8.42 Å². The Kier molecular flexibility index (Phi) is 7.31. The Morgan fingerprint density at radius 1 is 1.19 bits per heavy atom. The highest BCUT2D eigenvalue weighted by Crippen LogP contribution is 2.10. The van der Waals surface area contributed by atoms with Crippen LogP contribution in [0.15, 0.2) is 29.2 Å². The number of nitrogens with zero attached hydrogens (tertiary/aromatic N) is 1. The van der Waals surface area contributed by atoms with E-state index in [1.807, 2.05) is 26.1 Å². The number of nitrogens with one attached hydrogen (secondary N) is 2. The van der Waals surface area contributed by atoms with Crippen LogP contribution in [-0.2, 0) is 16.6 Å². The van der Waals surface area contributed by atoms with Gasteiger partial charge >= 0.3 is 0 Å². The molecule has 0 amide bonds. The van der Waals surface area contributed by atoms with E-state index in [-0.39, 0.29) is 0 Å². The molecule has 1 aromatic carbocycles. The first-order valence-electron chi connectivity index (χ1n) is 7.35. The molecule has 5 nitrogen and oxygen atoms in total. The highest BCUT2D eigenvalue weighted by atomic mass is 32.2. The van der Waals surface area contributed by atoms with E-state index >= 15 is 0 Å². The standard InChI is InChI=1S/C15H27N3O2S/c1-5-18(4)11-10-17-21(19,20)15-8-6-14(7-9-15)12-16-13(2)3/h6-9,13,16-17H,5,10-12H2,1-4H3. The Morgan fingerprint density at radius 2 is 1.81 bits per heavy atom. The normalized spacial score (nSPS) is 12.3. The van der Waals surface area contributed by atoms with Gasteiger partial charge in [0.1, 0.15) is 0 Å². The van der Waals surface area contributed by atoms with Gasteiger partial charge in [-0.05, 0) is 31.3 Å². The second-order valence-electron chi connectivity index (χ2n) is 5.47. The van der Waals surface area contributed by atoms with Crippen LogP contribution in [0.25, 0.3) is 0 Å². The lowest BCUT2D eigenvalue weighted by Gasteiger charge is -2.14. The van der Waals surface area contributed by atoms with Crippen molar-refractivity contribution in [1.29, 1.82) is 0 Å². The summed E-state index contributed by atoms with van der Waals surface area (Å²) in [5.74, 6) is 0. The molecule has 0 aromatic heterocycles.